The molecule has 0 radical (unpaired) electrons. The van der Waals surface area contributed by atoms with E-state index in [0.717, 1.165) is 22.3 Å². The molecule has 4 rings (SSSR count). The molecule has 4 aromatic rings. The average molecular weight is 407 g/mol. The number of alkyl halides is 1. The fraction of sp³-hybridized carbons (Fsp3) is 0.0952. The highest BCUT2D eigenvalue weighted by molar-refractivity contribution is 9.08. The van der Waals surface area contributed by atoms with Crippen LogP contribution in [0.4, 0.5) is 0 Å². The third-order valence-corrected chi connectivity index (χ3v) is 5.10. The Bertz CT molecular complexity index is 1000. The molecule has 0 bridgehead atoms. The molecule has 0 amide bonds. The summed E-state index contributed by atoms with van der Waals surface area (Å²) in [4.78, 5) is 1.41. The lowest BCUT2D eigenvalue weighted by Crippen LogP contribution is -2.34. The van der Waals surface area contributed by atoms with Crippen molar-refractivity contribution in [1.82, 2.24) is 14.7 Å². The summed E-state index contributed by atoms with van der Waals surface area (Å²) in [6, 6.07) is 27.2. The number of hydrogen-bond acceptors (Lipinski definition) is 2. The Morgan fingerprint density at radius 2 is 1.42 bits per heavy atom. The van der Waals surface area contributed by atoms with Crippen LogP contribution < -0.4 is 5.84 Å². The number of halogens is 1. The van der Waals surface area contributed by atoms with Crippen molar-refractivity contribution in [1.29, 1.82) is 0 Å². The van der Waals surface area contributed by atoms with Gasteiger partial charge in [0.25, 0.3) is 0 Å². The predicted octanol–water partition coefficient (Wildman–Crippen LogP) is 4.68. The number of aromatic nitrogens is 3. The molecule has 0 aliphatic rings. The first-order chi connectivity index (χ1) is 12.8. The first-order valence-electron chi connectivity index (χ1n) is 8.46. The first-order valence-corrected chi connectivity index (χ1v) is 9.58. The van der Waals surface area contributed by atoms with Crippen LogP contribution in [0.25, 0.3) is 22.5 Å². The molecule has 0 atom stereocenters. The van der Waals surface area contributed by atoms with E-state index in [1.807, 2.05) is 28.9 Å². The van der Waals surface area contributed by atoms with Crippen molar-refractivity contribution >= 4 is 15.9 Å². The van der Waals surface area contributed by atoms with Gasteiger partial charge >= 0.3 is 0 Å². The molecule has 2 N–H and O–H groups in total. The van der Waals surface area contributed by atoms with Crippen molar-refractivity contribution in [3.63, 3.8) is 0 Å². The van der Waals surface area contributed by atoms with Gasteiger partial charge in [-0.05, 0) is 22.3 Å². The Kier molecular flexibility index (Phi) is 4.63. The fourth-order valence-electron chi connectivity index (χ4n) is 3.06. The second-order valence-electron chi connectivity index (χ2n) is 6.16. The molecule has 0 aliphatic heterocycles. The number of nitrogens with two attached hydrogens (primary N) is 1. The largest absolute Gasteiger partial charge is 0.307 e. The monoisotopic (exact) mass is 406 g/mol. The molecule has 0 spiro atoms. The highest BCUT2D eigenvalue weighted by atomic mass is 79.9. The maximum Gasteiger partial charge on any atom is 0.182 e. The summed E-state index contributed by atoms with van der Waals surface area (Å²) in [6.07, 6.45) is 0. The molecule has 0 aliphatic carbocycles. The van der Waals surface area contributed by atoms with Gasteiger partial charge in [0.05, 0.1) is 6.54 Å². The van der Waals surface area contributed by atoms with Gasteiger partial charge < -0.3 is 5.84 Å². The molecule has 26 heavy (non-hydrogen) atoms. The van der Waals surface area contributed by atoms with E-state index < -0.39 is 0 Å². The smallest absolute Gasteiger partial charge is 0.182 e. The van der Waals surface area contributed by atoms with Crippen LogP contribution in [0.2, 0.25) is 0 Å². The van der Waals surface area contributed by atoms with E-state index in [2.05, 4.69) is 75.6 Å². The highest BCUT2D eigenvalue weighted by Crippen LogP contribution is 2.32. The van der Waals surface area contributed by atoms with Crippen LogP contribution in [0.5, 0.6) is 0 Å². The van der Waals surface area contributed by atoms with Crippen molar-refractivity contribution in [3.05, 3.63) is 90.0 Å². The summed E-state index contributed by atoms with van der Waals surface area (Å²) in [6.45, 7) is 0.688. The first kappa shape index (κ1) is 16.7. The van der Waals surface area contributed by atoms with E-state index >= 15 is 0 Å². The van der Waals surface area contributed by atoms with Crippen molar-refractivity contribution in [2.24, 2.45) is 0 Å². The van der Waals surface area contributed by atoms with E-state index in [9.17, 15) is 0 Å². The van der Waals surface area contributed by atoms with Crippen LogP contribution >= 0.6 is 15.9 Å². The zero-order valence-electron chi connectivity index (χ0n) is 14.2. The topological polar surface area (TPSA) is 48.8 Å². The molecule has 130 valence electrons. The Balaban J connectivity index is 1.73. The normalized spacial score (nSPS) is 11.0. The van der Waals surface area contributed by atoms with Crippen LogP contribution in [-0.4, -0.2) is 14.7 Å². The third-order valence-electron chi connectivity index (χ3n) is 4.45. The number of nitrogen functional groups attached to an aromatic ring is 1. The van der Waals surface area contributed by atoms with Crippen molar-refractivity contribution in [2.45, 2.75) is 11.9 Å². The highest BCUT2D eigenvalue weighted by Gasteiger charge is 2.17. The maximum atomic E-state index is 5.99. The Morgan fingerprint density at radius 3 is 2.08 bits per heavy atom. The molecule has 0 fully saturated rings. The quantitative estimate of drug-likeness (QED) is 0.386. The van der Waals surface area contributed by atoms with Gasteiger partial charge in [-0.3, -0.25) is 0 Å². The summed E-state index contributed by atoms with van der Waals surface area (Å²) in [5.74, 6) is 6.88. The van der Waals surface area contributed by atoms with Crippen LogP contribution in [0, 0.1) is 0 Å². The Labute approximate surface area is 161 Å². The average Bonchev–Trinajstić information content (AvgIpc) is 2.71. The van der Waals surface area contributed by atoms with Crippen LogP contribution in [0.3, 0.4) is 0 Å². The van der Waals surface area contributed by atoms with E-state index in [-0.39, 0.29) is 0 Å². The maximum absolute atomic E-state index is 5.99. The molecule has 0 saturated heterocycles. The molecule has 1 aromatic heterocycles. The molecule has 5 heteroatoms. The van der Waals surface area contributed by atoms with Gasteiger partial charge in [-0.2, -0.15) is 0 Å². The SMILES string of the molecule is Nn1nc(-c2ccccc2-c2ccc(CBr)cc2)n1Cc1ccccc1. The molecular weight excluding hydrogens is 388 g/mol. The molecular formula is C21H19BrN4. The standard InChI is InChI=1S/C21H19BrN4/c22-14-16-10-12-18(13-11-16)19-8-4-5-9-20(19)21-24-26(23)25(21)15-17-6-2-1-3-7-17/h1-13H,14-15,23H2. The molecule has 1 heterocycles. The van der Waals surface area contributed by atoms with Gasteiger partial charge in [0.2, 0.25) is 0 Å². The molecule has 0 unspecified atom stereocenters. The van der Waals surface area contributed by atoms with Gasteiger partial charge in [0, 0.05) is 10.9 Å². The van der Waals surface area contributed by atoms with Gasteiger partial charge in [0.15, 0.2) is 5.82 Å². The minimum absolute atomic E-state index is 0.688. The second-order valence-corrected chi connectivity index (χ2v) is 6.72. The number of benzene rings is 3. The lowest BCUT2D eigenvalue weighted by molar-refractivity contribution is 0.432. The Morgan fingerprint density at radius 1 is 0.769 bits per heavy atom. The summed E-state index contributed by atoms with van der Waals surface area (Å²) < 4.78 is 1.99. The van der Waals surface area contributed by atoms with Crippen molar-refractivity contribution in [2.75, 3.05) is 5.84 Å². The van der Waals surface area contributed by atoms with E-state index in [1.165, 1.54) is 21.6 Å². The zero-order valence-corrected chi connectivity index (χ0v) is 15.8. The predicted molar refractivity (Wildman–Crippen MR) is 109 cm³/mol. The molecule has 4 nitrogen and oxygen atoms in total. The summed E-state index contributed by atoms with van der Waals surface area (Å²) in [5, 5.41) is 5.29. The zero-order chi connectivity index (χ0) is 17.9. The fourth-order valence-corrected chi connectivity index (χ4v) is 3.44. The number of rotatable bonds is 5. The van der Waals surface area contributed by atoms with E-state index in [4.69, 9.17) is 5.84 Å². The molecule has 0 saturated carbocycles. The molecule has 3 aromatic carbocycles. The second kappa shape index (κ2) is 7.22. The van der Waals surface area contributed by atoms with E-state index in [1.54, 1.807) is 0 Å². The third kappa shape index (κ3) is 3.18. The van der Waals surface area contributed by atoms with Crippen LogP contribution in [0.15, 0.2) is 78.9 Å². The van der Waals surface area contributed by atoms with Gasteiger partial charge in [-0.25, -0.2) is 4.68 Å². The Hall–Kier alpha value is -2.79. The number of hydrogen-bond donors (Lipinski definition) is 1. The number of nitrogens with zero attached hydrogens (tertiary/aromatic N) is 3. The van der Waals surface area contributed by atoms with Crippen molar-refractivity contribution in [3.8, 4) is 22.5 Å². The minimum atomic E-state index is 0.688. The van der Waals surface area contributed by atoms with E-state index in [0.29, 0.717) is 6.54 Å². The summed E-state index contributed by atoms with van der Waals surface area (Å²) in [5.41, 5.74) is 5.85. The lowest BCUT2D eigenvalue weighted by Gasteiger charge is -2.22. The van der Waals surface area contributed by atoms with Crippen LogP contribution in [0.1, 0.15) is 11.1 Å². The van der Waals surface area contributed by atoms with Crippen LogP contribution in [-0.2, 0) is 11.9 Å². The van der Waals surface area contributed by atoms with Gasteiger partial charge in [-0.15, -0.1) is 10.0 Å². The summed E-state index contributed by atoms with van der Waals surface area (Å²) in [7, 11) is 0. The van der Waals surface area contributed by atoms with Gasteiger partial charge in [0.1, 0.15) is 0 Å². The minimum Gasteiger partial charge on any atom is -0.307 e. The lowest BCUT2D eigenvalue weighted by atomic mass is 9.98. The van der Waals surface area contributed by atoms with Crippen molar-refractivity contribution < 1.29 is 0 Å². The summed E-state index contributed by atoms with van der Waals surface area (Å²) >= 11 is 3.50. The van der Waals surface area contributed by atoms with Gasteiger partial charge in [-0.1, -0.05) is 94.8 Å².